The van der Waals surface area contributed by atoms with Gasteiger partial charge in [-0.15, -0.1) is 0 Å². The fraction of sp³-hybridized carbons (Fsp3) is 0.389. The average molecular weight is 396 g/mol. The molecule has 9 heteroatoms. The van der Waals surface area contributed by atoms with Gasteiger partial charge in [-0.25, -0.2) is 17.6 Å². The molecule has 146 valence electrons. The summed E-state index contributed by atoms with van der Waals surface area (Å²) in [6, 6.07) is 5.22. The van der Waals surface area contributed by atoms with Crippen LogP contribution in [0.25, 0.3) is 0 Å². The van der Waals surface area contributed by atoms with E-state index in [1.165, 1.54) is 46.4 Å². The fourth-order valence-corrected chi connectivity index (χ4v) is 4.62. The van der Waals surface area contributed by atoms with Crippen molar-refractivity contribution in [3.8, 4) is 5.75 Å². The molecule has 0 saturated carbocycles. The summed E-state index contributed by atoms with van der Waals surface area (Å²) in [5.41, 5.74) is 0.480. The second-order valence-corrected chi connectivity index (χ2v) is 8.25. The first-order valence-electron chi connectivity index (χ1n) is 8.49. The molecule has 2 heterocycles. The summed E-state index contributed by atoms with van der Waals surface area (Å²) in [4.78, 5) is 12.5. The lowest BCUT2D eigenvalue weighted by molar-refractivity contribution is 0.0458. The number of hydrogen-bond acceptors (Lipinski definition) is 5. The number of halogens is 1. The lowest BCUT2D eigenvalue weighted by Gasteiger charge is -2.13. The topological polar surface area (TPSA) is 77.8 Å². The van der Waals surface area contributed by atoms with Crippen LogP contribution < -0.4 is 4.74 Å². The van der Waals surface area contributed by atoms with Gasteiger partial charge in [0.2, 0.25) is 10.0 Å². The molecule has 7 nitrogen and oxygen atoms in total. The fourth-order valence-electron chi connectivity index (χ4n) is 3.03. The van der Waals surface area contributed by atoms with Gasteiger partial charge in [-0.3, -0.25) is 0 Å². The quantitative estimate of drug-likeness (QED) is 0.701. The van der Waals surface area contributed by atoms with Gasteiger partial charge in [-0.05, 0) is 37.1 Å². The van der Waals surface area contributed by atoms with E-state index in [0.29, 0.717) is 24.4 Å². The van der Waals surface area contributed by atoms with Crippen LogP contribution in [0.2, 0.25) is 0 Å². The summed E-state index contributed by atoms with van der Waals surface area (Å²) in [6.07, 6.45) is 3.06. The summed E-state index contributed by atoms with van der Waals surface area (Å²) in [5, 5.41) is 0. The molecular formula is C18H21FN2O5S. The Morgan fingerprint density at radius 2 is 1.93 bits per heavy atom. The van der Waals surface area contributed by atoms with Crippen molar-refractivity contribution in [2.24, 2.45) is 7.05 Å². The van der Waals surface area contributed by atoms with Crippen LogP contribution in [-0.2, 0) is 28.4 Å². The largest absolute Gasteiger partial charge is 0.496 e. The maximum Gasteiger partial charge on any atom is 0.355 e. The Labute approximate surface area is 157 Å². The minimum absolute atomic E-state index is 0.0576. The molecule has 1 aromatic heterocycles. The van der Waals surface area contributed by atoms with Crippen molar-refractivity contribution in [2.45, 2.75) is 24.3 Å². The molecule has 2 aromatic rings. The highest BCUT2D eigenvalue weighted by atomic mass is 32.2. The SMILES string of the molecule is COc1ccc(F)cc1COC(=O)c1cc(S(=O)(=O)N2CCCC2)cn1C. The molecule has 27 heavy (non-hydrogen) atoms. The van der Waals surface area contributed by atoms with Crippen LogP contribution in [0.1, 0.15) is 28.9 Å². The number of aromatic nitrogens is 1. The number of esters is 1. The molecular weight excluding hydrogens is 375 g/mol. The maximum atomic E-state index is 13.4. The number of hydrogen-bond donors (Lipinski definition) is 0. The van der Waals surface area contributed by atoms with E-state index in [9.17, 15) is 17.6 Å². The Balaban J connectivity index is 1.76. The van der Waals surface area contributed by atoms with Crippen molar-refractivity contribution >= 4 is 16.0 Å². The smallest absolute Gasteiger partial charge is 0.355 e. The predicted molar refractivity (Wildman–Crippen MR) is 95.5 cm³/mol. The Bertz CT molecular complexity index is 949. The number of aryl methyl sites for hydroxylation is 1. The van der Waals surface area contributed by atoms with E-state index in [1.807, 2.05) is 0 Å². The van der Waals surface area contributed by atoms with E-state index >= 15 is 0 Å². The van der Waals surface area contributed by atoms with Gasteiger partial charge in [0.25, 0.3) is 0 Å². The van der Waals surface area contributed by atoms with Gasteiger partial charge >= 0.3 is 5.97 Å². The van der Waals surface area contributed by atoms with Crippen LogP contribution in [0, 0.1) is 5.82 Å². The van der Waals surface area contributed by atoms with Crippen molar-refractivity contribution in [1.29, 1.82) is 0 Å². The summed E-state index contributed by atoms with van der Waals surface area (Å²) in [6.45, 7) is 0.770. The Morgan fingerprint density at radius 3 is 2.59 bits per heavy atom. The van der Waals surface area contributed by atoms with Crippen molar-refractivity contribution in [3.05, 3.63) is 47.5 Å². The number of carbonyl (C=O) groups excluding carboxylic acids is 1. The zero-order valence-electron chi connectivity index (χ0n) is 15.1. The summed E-state index contributed by atoms with van der Waals surface area (Å²) < 4.78 is 51.8. The van der Waals surface area contributed by atoms with E-state index < -0.39 is 21.8 Å². The van der Waals surface area contributed by atoms with Crippen LogP contribution in [0.5, 0.6) is 5.75 Å². The molecule has 1 aromatic carbocycles. The highest BCUT2D eigenvalue weighted by molar-refractivity contribution is 7.89. The molecule has 1 saturated heterocycles. The number of rotatable bonds is 6. The van der Waals surface area contributed by atoms with Crippen LogP contribution in [0.3, 0.4) is 0 Å². The van der Waals surface area contributed by atoms with Gasteiger partial charge in [-0.2, -0.15) is 4.31 Å². The van der Waals surface area contributed by atoms with E-state index in [-0.39, 0.29) is 17.2 Å². The van der Waals surface area contributed by atoms with Crippen molar-refractivity contribution in [2.75, 3.05) is 20.2 Å². The second-order valence-electron chi connectivity index (χ2n) is 6.32. The maximum absolute atomic E-state index is 13.4. The monoisotopic (exact) mass is 396 g/mol. The zero-order valence-corrected chi connectivity index (χ0v) is 16.0. The predicted octanol–water partition coefficient (Wildman–Crippen LogP) is 2.31. The number of methoxy groups -OCH3 is 1. The molecule has 0 radical (unpaired) electrons. The number of benzene rings is 1. The molecule has 0 aliphatic carbocycles. The van der Waals surface area contributed by atoms with E-state index in [4.69, 9.17) is 9.47 Å². The summed E-state index contributed by atoms with van der Waals surface area (Å²) in [5.74, 6) is -0.778. The van der Waals surface area contributed by atoms with Gasteiger partial charge in [0.1, 0.15) is 28.8 Å². The first-order chi connectivity index (χ1) is 12.8. The standard InChI is InChI=1S/C18H21FN2O5S/c1-20-11-15(27(23,24)21-7-3-4-8-21)10-16(20)18(22)26-12-13-9-14(19)5-6-17(13)25-2/h5-6,9-11H,3-4,7-8,12H2,1-2H3. The van der Waals surface area contributed by atoms with Crippen molar-refractivity contribution < 1.29 is 27.1 Å². The molecule has 1 aliphatic rings. The van der Waals surface area contributed by atoms with Crippen molar-refractivity contribution in [1.82, 2.24) is 8.87 Å². The molecule has 1 aliphatic heterocycles. The van der Waals surface area contributed by atoms with Gasteiger partial charge < -0.3 is 14.0 Å². The third kappa shape index (κ3) is 3.98. The first-order valence-corrected chi connectivity index (χ1v) is 9.93. The molecule has 0 unspecified atom stereocenters. The van der Waals surface area contributed by atoms with Crippen molar-refractivity contribution in [3.63, 3.8) is 0 Å². The van der Waals surface area contributed by atoms with Crippen LogP contribution >= 0.6 is 0 Å². The Kier molecular flexibility index (Phi) is 5.52. The number of nitrogens with zero attached hydrogens (tertiary/aromatic N) is 2. The second kappa shape index (κ2) is 7.69. The minimum atomic E-state index is -3.62. The average Bonchev–Trinajstić information content (AvgIpc) is 3.30. The molecule has 0 amide bonds. The molecule has 3 rings (SSSR count). The highest BCUT2D eigenvalue weighted by Gasteiger charge is 2.29. The molecule has 0 bridgehead atoms. The highest BCUT2D eigenvalue weighted by Crippen LogP contribution is 2.24. The first kappa shape index (κ1) is 19.4. The third-order valence-electron chi connectivity index (χ3n) is 4.49. The van der Waals surface area contributed by atoms with Crippen LogP contribution in [-0.4, -0.2) is 43.5 Å². The zero-order chi connectivity index (χ0) is 19.6. The Hall–Kier alpha value is -2.39. The van der Waals surface area contributed by atoms with Crippen LogP contribution in [0.4, 0.5) is 4.39 Å². The van der Waals surface area contributed by atoms with Crippen LogP contribution in [0.15, 0.2) is 35.4 Å². The molecule has 0 spiro atoms. The van der Waals surface area contributed by atoms with Gasteiger partial charge in [0, 0.05) is 31.9 Å². The molecule has 0 atom stereocenters. The molecule has 0 N–H and O–H groups in total. The van der Waals surface area contributed by atoms with E-state index in [2.05, 4.69) is 0 Å². The Morgan fingerprint density at radius 1 is 1.22 bits per heavy atom. The van der Waals surface area contributed by atoms with Gasteiger partial charge in [-0.1, -0.05) is 0 Å². The lowest BCUT2D eigenvalue weighted by Crippen LogP contribution is -2.27. The number of sulfonamides is 1. The molecule has 1 fully saturated rings. The van der Waals surface area contributed by atoms with E-state index in [1.54, 1.807) is 7.05 Å². The van der Waals surface area contributed by atoms with E-state index in [0.717, 1.165) is 12.8 Å². The number of carbonyl (C=O) groups is 1. The van der Waals surface area contributed by atoms with Gasteiger partial charge in [0.05, 0.1) is 7.11 Å². The normalized spacial score (nSPS) is 15.1. The third-order valence-corrected chi connectivity index (χ3v) is 6.36. The lowest BCUT2D eigenvalue weighted by atomic mass is 10.2. The van der Waals surface area contributed by atoms with Gasteiger partial charge in [0.15, 0.2) is 0 Å². The summed E-state index contributed by atoms with van der Waals surface area (Å²) >= 11 is 0. The summed E-state index contributed by atoms with van der Waals surface area (Å²) in [7, 11) is -0.615. The number of ether oxygens (including phenoxy) is 2. The minimum Gasteiger partial charge on any atom is -0.496 e.